The Balaban J connectivity index is 1.75. The van der Waals surface area contributed by atoms with Crippen LogP contribution in [-0.4, -0.2) is 24.5 Å². The topological polar surface area (TPSA) is 56.5 Å². The van der Waals surface area contributed by atoms with Crippen LogP contribution >= 0.6 is 11.6 Å². The average Bonchev–Trinajstić information content (AvgIpc) is 3.19. The van der Waals surface area contributed by atoms with Crippen LogP contribution in [0.15, 0.2) is 79.3 Å². The van der Waals surface area contributed by atoms with Crippen molar-refractivity contribution in [2.75, 3.05) is 0 Å². The fourth-order valence-electron chi connectivity index (χ4n) is 3.29. The van der Waals surface area contributed by atoms with E-state index in [9.17, 15) is 4.39 Å². The first-order valence-electron chi connectivity index (χ1n) is 9.30. The van der Waals surface area contributed by atoms with Gasteiger partial charge >= 0.3 is 0 Å². The van der Waals surface area contributed by atoms with Crippen molar-refractivity contribution in [1.29, 1.82) is 0 Å². The van der Waals surface area contributed by atoms with Crippen LogP contribution in [0.25, 0.3) is 39.6 Å². The molecule has 0 aliphatic rings. The fourth-order valence-corrected chi connectivity index (χ4v) is 3.47. The van der Waals surface area contributed by atoms with Crippen molar-refractivity contribution in [3.63, 3.8) is 0 Å². The van der Waals surface area contributed by atoms with Crippen LogP contribution in [0.5, 0.6) is 0 Å². The molecule has 5 aromatic rings. The summed E-state index contributed by atoms with van der Waals surface area (Å²) in [5.74, 6) is 0.788. The van der Waals surface area contributed by atoms with E-state index < -0.39 is 0 Å². The number of hydrogen-bond donors (Lipinski definition) is 0. The van der Waals surface area contributed by atoms with Gasteiger partial charge in [-0.2, -0.15) is 0 Å². The zero-order valence-corrected chi connectivity index (χ0v) is 16.5. The smallest absolute Gasteiger partial charge is 0.165 e. The van der Waals surface area contributed by atoms with E-state index in [0.29, 0.717) is 22.9 Å². The largest absolute Gasteiger partial charge is 0.277 e. The van der Waals surface area contributed by atoms with Crippen molar-refractivity contribution < 1.29 is 4.39 Å². The summed E-state index contributed by atoms with van der Waals surface area (Å²) >= 11 is 5.95. The van der Waals surface area contributed by atoms with Crippen LogP contribution in [0.3, 0.4) is 0 Å². The quantitative estimate of drug-likeness (QED) is 0.368. The Morgan fingerprint density at radius 1 is 0.867 bits per heavy atom. The zero-order chi connectivity index (χ0) is 20.5. The lowest BCUT2D eigenvalue weighted by Crippen LogP contribution is -2.00. The van der Waals surface area contributed by atoms with Gasteiger partial charge in [0.15, 0.2) is 5.65 Å². The molecule has 5 rings (SSSR count). The molecule has 146 valence electrons. The molecule has 0 radical (unpaired) electrons. The van der Waals surface area contributed by atoms with E-state index in [4.69, 9.17) is 21.6 Å². The average molecular weight is 416 g/mol. The summed E-state index contributed by atoms with van der Waals surface area (Å²) in [6.07, 6.45) is 4.68. The second-order valence-electron chi connectivity index (χ2n) is 6.71. The van der Waals surface area contributed by atoms with Gasteiger partial charge in [0.2, 0.25) is 0 Å². The number of alkyl halides is 1. The molecule has 4 aromatic heterocycles. The maximum absolute atomic E-state index is 13.3. The standard InChI is InChI=1S/C23H15ClFN5/c24-12-15-3-6-18(7-4-15)30-22(16-2-1-11-26-13-16)29-21-10-9-20(28-23(21)30)19-8-5-17(25)14-27-19/h1-11,13-14H,12H2. The van der Waals surface area contributed by atoms with Crippen molar-refractivity contribution in [3.05, 3.63) is 90.6 Å². The molecule has 0 amide bonds. The fraction of sp³-hybridized carbons (Fsp3) is 0.0435. The molecule has 0 unspecified atom stereocenters. The third kappa shape index (κ3) is 3.31. The molecule has 0 spiro atoms. The van der Waals surface area contributed by atoms with Gasteiger partial charge < -0.3 is 0 Å². The lowest BCUT2D eigenvalue weighted by molar-refractivity contribution is 0.622. The highest BCUT2D eigenvalue weighted by molar-refractivity contribution is 6.17. The van der Waals surface area contributed by atoms with E-state index in [1.165, 1.54) is 12.3 Å². The van der Waals surface area contributed by atoms with Gasteiger partial charge in [-0.15, -0.1) is 11.6 Å². The molecule has 7 heteroatoms. The molecule has 0 N–H and O–H groups in total. The number of benzene rings is 1. The molecule has 0 fully saturated rings. The van der Waals surface area contributed by atoms with Crippen molar-refractivity contribution in [2.24, 2.45) is 0 Å². The minimum atomic E-state index is -0.386. The number of fused-ring (bicyclic) bond motifs is 1. The Labute approximate surface area is 176 Å². The number of hydrogen-bond acceptors (Lipinski definition) is 4. The molecule has 0 saturated heterocycles. The summed E-state index contributed by atoms with van der Waals surface area (Å²) < 4.78 is 15.3. The molecule has 0 saturated carbocycles. The molecule has 30 heavy (non-hydrogen) atoms. The minimum Gasteiger partial charge on any atom is -0.277 e. The monoisotopic (exact) mass is 415 g/mol. The van der Waals surface area contributed by atoms with E-state index in [1.807, 2.05) is 53.1 Å². The summed E-state index contributed by atoms with van der Waals surface area (Å²) in [5.41, 5.74) is 5.44. The van der Waals surface area contributed by atoms with E-state index in [1.54, 1.807) is 18.5 Å². The summed E-state index contributed by atoms with van der Waals surface area (Å²) in [5, 5.41) is 0. The first-order chi connectivity index (χ1) is 14.7. The van der Waals surface area contributed by atoms with Gasteiger partial charge in [0.1, 0.15) is 17.2 Å². The first kappa shape index (κ1) is 18.4. The highest BCUT2D eigenvalue weighted by Gasteiger charge is 2.17. The Kier molecular flexibility index (Phi) is 4.69. The van der Waals surface area contributed by atoms with E-state index in [0.717, 1.165) is 28.2 Å². The van der Waals surface area contributed by atoms with Crippen molar-refractivity contribution in [3.8, 4) is 28.5 Å². The number of imidazole rings is 1. The minimum absolute atomic E-state index is 0.386. The molecule has 0 atom stereocenters. The number of nitrogens with zero attached hydrogens (tertiary/aromatic N) is 5. The molecular formula is C23H15ClFN5. The van der Waals surface area contributed by atoms with Gasteiger partial charge in [0, 0.05) is 29.5 Å². The highest BCUT2D eigenvalue weighted by atomic mass is 35.5. The van der Waals surface area contributed by atoms with Crippen LogP contribution in [0.2, 0.25) is 0 Å². The summed E-state index contributed by atoms with van der Waals surface area (Å²) in [7, 11) is 0. The van der Waals surface area contributed by atoms with Crippen LogP contribution < -0.4 is 0 Å². The van der Waals surface area contributed by atoms with Gasteiger partial charge in [-0.3, -0.25) is 14.5 Å². The van der Waals surface area contributed by atoms with E-state index in [-0.39, 0.29) is 5.82 Å². The molecule has 0 bridgehead atoms. The Bertz CT molecular complexity index is 1320. The summed E-state index contributed by atoms with van der Waals surface area (Å²) in [6, 6.07) is 18.5. The van der Waals surface area contributed by atoms with Gasteiger partial charge in [-0.25, -0.2) is 14.4 Å². The Morgan fingerprint density at radius 3 is 2.40 bits per heavy atom. The van der Waals surface area contributed by atoms with Gasteiger partial charge in [-0.1, -0.05) is 12.1 Å². The normalized spacial score (nSPS) is 11.1. The van der Waals surface area contributed by atoms with Crippen LogP contribution in [0.1, 0.15) is 5.56 Å². The lowest BCUT2D eigenvalue weighted by Gasteiger charge is -2.10. The maximum Gasteiger partial charge on any atom is 0.165 e. The predicted molar refractivity (Wildman–Crippen MR) is 115 cm³/mol. The summed E-state index contributed by atoms with van der Waals surface area (Å²) in [6.45, 7) is 0. The third-order valence-corrected chi connectivity index (χ3v) is 5.07. The lowest BCUT2D eigenvalue weighted by atomic mass is 10.2. The van der Waals surface area contributed by atoms with E-state index >= 15 is 0 Å². The highest BCUT2D eigenvalue weighted by Crippen LogP contribution is 2.29. The maximum atomic E-state index is 13.3. The first-order valence-corrected chi connectivity index (χ1v) is 9.83. The third-order valence-electron chi connectivity index (χ3n) is 4.76. The van der Waals surface area contributed by atoms with Crippen molar-refractivity contribution in [1.82, 2.24) is 24.5 Å². The van der Waals surface area contributed by atoms with E-state index in [2.05, 4.69) is 9.97 Å². The zero-order valence-electron chi connectivity index (χ0n) is 15.7. The Hall–Kier alpha value is -3.64. The number of aromatic nitrogens is 5. The molecular weight excluding hydrogens is 401 g/mol. The predicted octanol–water partition coefficient (Wildman–Crippen LogP) is 5.42. The van der Waals surface area contributed by atoms with Crippen LogP contribution in [0.4, 0.5) is 4.39 Å². The van der Waals surface area contributed by atoms with Crippen LogP contribution in [-0.2, 0) is 5.88 Å². The SMILES string of the molecule is Fc1ccc(-c2ccc3nc(-c4cccnc4)n(-c4ccc(CCl)cc4)c3n2)nc1. The van der Waals surface area contributed by atoms with Gasteiger partial charge in [-0.05, 0) is 54.1 Å². The Morgan fingerprint density at radius 2 is 1.70 bits per heavy atom. The van der Waals surface area contributed by atoms with Crippen molar-refractivity contribution in [2.45, 2.75) is 5.88 Å². The van der Waals surface area contributed by atoms with Gasteiger partial charge in [0.25, 0.3) is 0 Å². The molecule has 5 nitrogen and oxygen atoms in total. The molecule has 4 heterocycles. The molecule has 0 aliphatic carbocycles. The van der Waals surface area contributed by atoms with Crippen molar-refractivity contribution >= 4 is 22.8 Å². The number of pyridine rings is 3. The summed E-state index contributed by atoms with van der Waals surface area (Å²) in [4.78, 5) is 18.0. The second kappa shape index (κ2) is 7.65. The molecule has 0 aliphatic heterocycles. The number of rotatable bonds is 4. The van der Waals surface area contributed by atoms with Crippen LogP contribution in [0, 0.1) is 5.82 Å². The van der Waals surface area contributed by atoms with Gasteiger partial charge in [0.05, 0.1) is 17.6 Å². The second-order valence-corrected chi connectivity index (χ2v) is 6.98. The molecule has 1 aromatic carbocycles. The number of halogens is 2.